The van der Waals surface area contributed by atoms with Gasteiger partial charge in [0.15, 0.2) is 17.6 Å². The summed E-state index contributed by atoms with van der Waals surface area (Å²) in [5.74, 6) is 1.33. The number of nitrogens with zero attached hydrogens (tertiary/aromatic N) is 5. The molecule has 9 heteroatoms. The van der Waals surface area contributed by atoms with Crippen LogP contribution in [0, 0.1) is 11.7 Å². The number of pyridine rings is 1. The maximum Gasteiger partial charge on any atom is 0.191 e. The van der Waals surface area contributed by atoms with Gasteiger partial charge in [-0.2, -0.15) is 5.10 Å². The Kier molecular flexibility index (Phi) is 8.26. The largest absolute Gasteiger partial charge is 0.356 e. The topological polar surface area (TPSA) is 70.4 Å². The molecule has 1 aliphatic rings. The van der Waals surface area contributed by atoms with Gasteiger partial charge < -0.3 is 15.5 Å². The highest BCUT2D eigenvalue weighted by Crippen LogP contribution is 2.20. The number of hydrogen-bond acceptors (Lipinski definition) is 4. The molecule has 0 saturated carbocycles. The predicted octanol–water partition coefficient (Wildman–Crippen LogP) is 2.12. The van der Waals surface area contributed by atoms with Crippen molar-refractivity contribution in [2.45, 2.75) is 25.9 Å². The summed E-state index contributed by atoms with van der Waals surface area (Å²) >= 11 is 0. The van der Waals surface area contributed by atoms with Crippen LogP contribution in [0.1, 0.15) is 13.3 Å². The lowest BCUT2D eigenvalue weighted by Gasteiger charge is -2.21. The second kappa shape index (κ2) is 10.4. The first-order valence-corrected chi connectivity index (χ1v) is 8.95. The van der Waals surface area contributed by atoms with Crippen LogP contribution in [0.2, 0.25) is 0 Å². The first kappa shape index (κ1) is 21.4. The zero-order valence-electron chi connectivity index (χ0n) is 15.7. The molecular formula is C18H27FIN7. The van der Waals surface area contributed by atoms with Crippen LogP contribution in [0.15, 0.2) is 41.8 Å². The molecule has 0 aromatic carbocycles. The molecule has 0 amide bonds. The number of anilines is 1. The number of guanidine groups is 1. The minimum atomic E-state index is -0.275. The van der Waals surface area contributed by atoms with E-state index < -0.39 is 0 Å². The van der Waals surface area contributed by atoms with Crippen LogP contribution in [-0.2, 0) is 6.54 Å². The molecule has 2 N–H and O–H groups in total. The van der Waals surface area contributed by atoms with Gasteiger partial charge in [0.05, 0.1) is 0 Å². The smallest absolute Gasteiger partial charge is 0.191 e. The molecule has 1 saturated heterocycles. The van der Waals surface area contributed by atoms with Gasteiger partial charge in [0, 0.05) is 57.9 Å². The van der Waals surface area contributed by atoms with Crippen molar-refractivity contribution >= 4 is 35.8 Å². The third-order valence-electron chi connectivity index (χ3n) is 4.47. The van der Waals surface area contributed by atoms with Gasteiger partial charge in [0.2, 0.25) is 0 Å². The number of halogens is 2. The Hall–Kier alpha value is -1.91. The molecule has 3 rings (SSSR count). The Morgan fingerprint density at radius 1 is 1.41 bits per heavy atom. The molecule has 0 spiro atoms. The molecule has 0 aliphatic carbocycles. The number of aromatic nitrogens is 3. The molecule has 2 atom stereocenters. The number of rotatable bonds is 6. The van der Waals surface area contributed by atoms with E-state index in [4.69, 9.17) is 0 Å². The maximum absolute atomic E-state index is 13.9. The van der Waals surface area contributed by atoms with Crippen molar-refractivity contribution in [3.63, 3.8) is 0 Å². The first-order valence-electron chi connectivity index (χ1n) is 8.95. The van der Waals surface area contributed by atoms with Crippen LogP contribution < -0.4 is 15.5 Å². The van der Waals surface area contributed by atoms with Crippen molar-refractivity contribution < 1.29 is 4.39 Å². The zero-order valence-corrected chi connectivity index (χ0v) is 18.0. The van der Waals surface area contributed by atoms with E-state index in [-0.39, 0.29) is 35.8 Å². The Labute approximate surface area is 176 Å². The molecular weight excluding hydrogens is 460 g/mol. The van der Waals surface area contributed by atoms with Crippen LogP contribution >= 0.6 is 24.0 Å². The van der Waals surface area contributed by atoms with E-state index in [1.165, 1.54) is 6.07 Å². The Balaban J connectivity index is 0.00000261. The lowest BCUT2D eigenvalue weighted by atomic mass is 10.2. The van der Waals surface area contributed by atoms with E-state index in [9.17, 15) is 4.39 Å². The second-order valence-electron chi connectivity index (χ2n) is 6.67. The standard InChI is InChI=1S/C18H26FN7.HI/c1-14(12-26-9-4-8-23-26)11-22-18(20-2)24-15-6-10-25(13-15)17-16(19)5-3-7-21-17;/h3-5,7-9,14-15H,6,10-13H2,1-2H3,(H2,20,22,24);1H. The minimum Gasteiger partial charge on any atom is -0.356 e. The van der Waals surface area contributed by atoms with Gasteiger partial charge in [-0.1, -0.05) is 6.92 Å². The lowest BCUT2D eigenvalue weighted by molar-refractivity contribution is 0.442. The van der Waals surface area contributed by atoms with Crippen molar-refractivity contribution in [3.05, 3.63) is 42.6 Å². The first-order chi connectivity index (χ1) is 12.7. The average molecular weight is 487 g/mol. The summed E-state index contributed by atoms with van der Waals surface area (Å²) in [5, 5.41) is 11.0. The molecule has 1 fully saturated rings. The fourth-order valence-corrected chi connectivity index (χ4v) is 3.13. The summed E-state index contributed by atoms with van der Waals surface area (Å²) < 4.78 is 15.8. The van der Waals surface area contributed by atoms with Crippen molar-refractivity contribution in [1.82, 2.24) is 25.4 Å². The highest BCUT2D eigenvalue weighted by Gasteiger charge is 2.25. The quantitative estimate of drug-likeness (QED) is 0.371. The molecule has 3 heterocycles. The maximum atomic E-state index is 13.9. The van der Waals surface area contributed by atoms with Crippen LogP contribution in [-0.4, -0.2) is 53.4 Å². The number of hydrogen-bond donors (Lipinski definition) is 2. The Morgan fingerprint density at radius 3 is 2.96 bits per heavy atom. The van der Waals surface area contributed by atoms with Crippen molar-refractivity contribution in [3.8, 4) is 0 Å². The molecule has 7 nitrogen and oxygen atoms in total. The van der Waals surface area contributed by atoms with Gasteiger partial charge in [-0.25, -0.2) is 9.37 Å². The van der Waals surface area contributed by atoms with Crippen molar-refractivity contribution in [2.75, 3.05) is 31.6 Å². The molecule has 148 valence electrons. The summed E-state index contributed by atoms with van der Waals surface area (Å²) in [6, 6.07) is 5.20. The monoisotopic (exact) mass is 487 g/mol. The zero-order chi connectivity index (χ0) is 18.4. The van der Waals surface area contributed by atoms with E-state index >= 15 is 0 Å². The van der Waals surface area contributed by atoms with E-state index in [1.54, 1.807) is 25.5 Å². The minimum absolute atomic E-state index is 0. The van der Waals surface area contributed by atoms with Crippen LogP contribution in [0.5, 0.6) is 0 Å². The van der Waals surface area contributed by atoms with Crippen LogP contribution in [0.4, 0.5) is 10.2 Å². The number of nitrogens with one attached hydrogen (secondary N) is 2. The summed E-state index contributed by atoms with van der Waals surface area (Å²) in [4.78, 5) is 10.4. The van der Waals surface area contributed by atoms with Gasteiger partial charge in [-0.3, -0.25) is 9.67 Å². The normalized spacial score (nSPS) is 18.1. The van der Waals surface area contributed by atoms with Gasteiger partial charge in [0.1, 0.15) is 0 Å². The van der Waals surface area contributed by atoms with Gasteiger partial charge in [-0.15, -0.1) is 24.0 Å². The van der Waals surface area contributed by atoms with Crippen molar-refractivity contribution in [2.24, 2.45) is 10.9 Å². The van der Waals surface area contributed by atoms with E-state index in [0.29, 0.717) is 18.3 Å². The summed E-state index contributed by atoms with van der Waals surface area (Å²) in [5.41, 5.74) is 0. The molecule has 2 aromatic heterocycles. The Bertz CT molecular complexity index is 722. The van der Waals surface area contributed by atoms with E-state index in [0.717, 1.165) is 32.0 Å². The SMILES string of the molecule is CN=C(NCC(C)Cn1cccn1)NC1CCN(c2ncccc2F)C1.I. The fraction of sp³-hybridized carbons (Fsp3) is 0.500. The van der Waals surface area contributed by atoms with Crippen molar-refractivity contribution in [1.29, 1.82) is 0 Å². The average Bonchev–Trinajstić information content (AvgIpc) is 3.31. The fourth-order valence-electron chi connectivity index (χ4n) is 3.13. The van der Waals surface area contributed by atoms with Gasteiger partial charge in [0.25, 0.3) is 0 Å². The molecule has 2 unspecified atom stereocenters. The van der Waals surface area contributed by atoms with Gasteiger partial charge in [-0.05, 0) is 30.5 Å². The summed E-state index contributed by atoms with van der Waals surface area (Å²) in [6.45, 7) is 5.30. The second-order valence-corrected chi connectivity index (χ2v) is 6.67. The predicted molar refractivity (Wildman–Crippen MR) is 116 cm³/mol. The third-order valence-corrected chi connectivity index (χ3v) is 4.47. The lowest BCUT2D eigenvalue weighted by Crippen LogP contribution is -2.46. The molecule has 1 aliphatic heterocycles. The Morgan fingerprint density at radius 2 is 2.26 bits per heavy atom. The third kappa shape index (κ3) is 6.05. The molecule has 0 bridgehead atoms. The summed E-state index contributed by atoms with van der Waals surface area (Å²) in [7, 11) is 1.76. The molecule has 2 aromatic rings. The van der Waals surface area contributed by atoms with Crippen LogP contribution in [0.25, 0.3) is 0 Å². The van der Waals surface area contributed by atoms with Gasteiger partial charge >= 0.3 is 0 Å². The van der Waals surface area contributed by atoms with E-state index in [2.05, 4.69) is 32.6 Å². The van der Waals surface area contributed by atoms with E-state index in [1.807, 2.05) is 21.8 Å². The summed E-state index contributed by atoms with van der Waals surface area (Å²) in [6.07, 6.45) is 6.30. The highest BCUT2D eigenvalue weighted by molar-refractivity contribution is 14.0. The van der Waals surface area contributed by atoms with Crippen LogP contribution in [0.3, 0.4) is 0 Å². The number of aliphatic imine (C=N–C) groups is 1. The molecule has 27 heavy (non-hydrogen) atoms. The molecule has 0 radical (unpaired) electrons. The highest BCUT2D eigenvalue weighted by atomic mass is 127.